The number of aryl methyl sites for hydroxylation is 1. The Morgan fingerprint density at radius 2 is 1.69 bits per heavy atom. The van der Waals surface area contributed by atoms with Crippen LogP contribution in [0.1, 0.15) is 30.5 Å². The van der Waals surface area contributed by atoms with Crippen LogP contribution in [0, 0.1) is 6.92 Å². The van der Waals surface area contributed by atoms with E-state index in [1.54, 1.807) is 12.1 Å². The number of sulfonamides is 1. The molecule has 0 unspecified atom stereocenters. The number of carbonyl (C=O) groups excluding carboxylic acids is 1. The first-order chi connectivity index (χ1) is 12.3. The lowest BCUT2D eigenvalue weighted by molar-refractivity contribution is -0.113. The molecular weight excluding hydrogens is 370 g/mol. The molecule has 1 atom stereocenters. The quantitative estimate of drug-likeness (QED) is 0.783. The molecule has 0 amide bonds. The Bertz CT molecular complexity index is 948. The van der Waals surface area contributed by atoms with E-state index in [1.165, 1.54) is 23.4 Å². The van der Waals surface area contributed by atoms with Crippen LogP contribution in [0.2, 0.25) is 5.02 Å². The van der Waals surface area contributed by atoms with Gasteiger partial charge in [0.25, 0.3) is 0 Å². The highest BCUT2D eigenvalue weighted by Crippen LogP contribution is 2.35. The first-order valence-electron chi connectivity index (χ1n) is 8.33. The average molecular weight is 390 g/mol. The van der Waals surface area contributed by atoms with Crippen molar-refractivity contribution in [3.05, 3.63) is 76.3 Å². The van der Waals surface area contributed by atoms with Gasteiger partial charge in [-0.1, -0.05) is 47.5 Å². The lowest BCUT2D eigenvalue weighted by Crippen LogP contribution is -2.39. The van der Waals surface area contributed by atoms with Crippen LogP contribution >= 0.6 is 11.6 Å². The third-order valence-electron chi connectivity index (χ3n) is 4.60. The van der Waals surface area contributed by atoms with Crippen molar-refractivity contribution in [1.29, 1.82) is 0 Å². The summed E-state index contributed by atoms with van der Waals surface area (Å²) in [7, 11) is -3.77. The van der Waals surface area contributed by atoms with Crippen molar-refractivity contribution in [3.8, 4) is 0 Å². The van der Waals surface area contributed by atoms with Crippen molar-refractivity contribution >= 4 is 27.4 Å². The van der Waals surface area contributed by atoms with E-state index in [-0.39, 0.29) is 23.3 Å². The van der Waals surface area contributed by atoms with Gasteiger partial charge >= 0.3 is 0 Å². The first-order valence-corrected chi connectivity index (χ1v) is 10.1. The molecule has 0 N–H and O–H groups in total. The lowest BCUT2D eigenvalue weighted by atomic mass is 9.96. The summed E-state index contributed by atoms with van der Waals surface area (Å²) in [4.78, 5) is 12.0. The highest BCUT2D eigenvalue weighted by atomic mass is 35.5. The zero-order valence-corrected chi connectivity index (χ0v) is 16.2. The van der Waals surface area contributed by atoms with Gasteiger partial charge in [-0.15, -0.1) is 0 Å². The van der Waals surface area contributed by atoms with Crippen LogP contribution in [-0.2, 0) is 14.8 Å². The molecule has 2 aromatic carbocycles. The van der Waals surface area contributed by atoms with Gasteiger partial charge in [-0.3, -0.25) is 4.79 Å². The van der Waals surface area contributed by atoms with Gasteiger partial charge in [0.05, 0.1) is 10.9 Å². The highest BCUT2D eigenvalue weighted by Gasteiger charge is 2.35. The van der Waals surface area contributed by atoms with Crippen molar-refractivity contribution in [2.45, 2.75) is 31.2 Å². The topological polar surface area (TPSA) is 54.5 Å². The van der Waals surface area contributed by atoms with Gasteiger partial charge in [-0.25, -0.2) is 8.42 Å². The normalized spacial score (nSPS) is 18.4. The van der Waals surface area contributed by atoms with Gasteiger partial charge in [0.2, 0.25) is 10.0 Å². The van der Waals surface area contributed by atoms with Crippen LogP contribution in [0.3, 0.4) is 0 Å². The molecule has 3 rings (SSSR count). The second-order valence-electron chi connectivity index (χ2n) is 6.45. The SMILES string of the molecule is CC(=O)C1=CC[C@@H](c2ccc(C)cc2)N(S(=O)(=O)c2ccc(Cl)cc2)C1. The Labute approximate surface area is 159 Å². The second kappa shape index (κ2) is 7.35. The summed E-state index contributed by atoms with van der Waals surface area (Å²) < 4.78 is 27.9. The summed E-state index contributed by atoms with van der Waals surface area (Å²) in [5.74, 6) is -0.108. The minimum atomic E-state index is -3.77. The zero-order chi connectivity index (χ0) is 18.9. The Kier molecular flexibility index (Phi) is 5.32. The number of benzene rings is 2. The molecule has 1 aliphatic heterocycles. The molecule has 0 aliphatic carbocycles. The largest absolute Gasteiger partial charge is 0.295 e. The van der Waals surface area contributed by atoms with E-state index in [9.17, 15) is 13.2 Å². The van der Waals surface area contributed by atoms with Crippen molar-refractivity contribution in [2.24, 2.45) is 0 Å². The number of halogens is 1. The van der Waals surface area contributed by atoms with Crippen molar-refractivity contribution in [1.82, 2.24) is 4.31 Å². The van der Waals surface area contributed by atoms with E-state index < -0.39 is 10.0 Å². The maximum absolute atomic E-state index is 13.3. The Morgan fingerprint density at radius 1 is 1.08 bits per heavy atom. The van der Waals surface area contributed by atoms with Crippen LogP contribution < -0.4 is 0 Å². The fourth-order valence-corrected chi connectivity index (χ4v) is 4.78. The Balaban J connectivity index is 2.06. The number of carbonyl (C=O) groups is 1. The van der Waals surface area contributed by atoms with Gasteiger partial charge in [0.1, 0.15) is 0 Å². The molecule has 0 saturated carbocycles. The molecule has 6 heteroatoms. The van der Waals surface area contributed by atoms with E-state index >= 15 is 0 Å². The van der Waals surface area contributed by atoms with Crippen LogP contribution in [0.15, 0.2) is 65.1 Å². The van der Waals surface area contributed by atoms with Gasteiger partial charge in [0.15, 0.2) is 5.78 Å². The molecule has 1 aliphatic rings. The molecular formula is C20H20ClNO3S. The van der Waals surface area contributed by atoms with Crippen LogP contribution in [0.4, 0.5) is 0 Å². The predicted molar refractivity (Wildman–Crippen MR) is 103 cm³/mol. The molecule has 2 aromatic rings. The van der Waals surface area contributed by atoms with Gasteiger partial charge < -0.3 is 0 Å². The van der Waals surface area contributed by atoms with Crippen molar-refractivity contribution in [2.75, 3.05) is 6.54 Å². The number of hydrogen-bond acceptors (Lipinski definition) is 3. The summed E-state index contributed by atoms with van der Waals surface area (Å²) >= 11 is 5.89. The molecule has 1 heterocycles. The highest BCUT2D eigenvalue weighted by molar-refractivity contribution is 7.89. The first kappa shape index (κ1) is 18.8. The third-order valence-corrected chi connectivity index (χ3v) is 6.72. The van der Waals surface area contributed by atoms with Crippen LogP contribution in [-0.4, -0.2) is 25.1 Å². The van der Waals surface area contributed by atoms with Gasteiger partial charge in [-0.05, 0) is 50.1 Å². The number of Topliss-reactive ketones (excluding diaryl/α,β-unsaturated/α-hetero) is 1. The van der Waals surface area contributed by atoms with E-state index in [0.29, 0.717) is 17.0 Å². The molecule has 136 valence electrons. The minimum Gasteiger partial charge on any atom is -0.295 e. The second-order valence-corrected chi connectivity index (χ2v) is 8.78. The molecule has 0 saturated heterocycles. The maximum Gasteiger partial charge on any atom is 0.243 e. The lowest BCUT2D eigenvalue weighted by Gasteiger charge is -2.34. The standard InChI is InChI=1S/C20H20ClNO3S/c1-14-3-5-16(6-4-14)20-12-7-17(15(2)23)13-22(20)26(24,25)19-10-8-18(21)9-11-19/h3-11,20H,12-13H2,1-2H3/t20-/m0/s1. The fraction of sp³-hybridized carbons (Fsp3) is 0.250. The molecule has 0 aromatic heterocycles. The summed E-state index contributed by atoms with van der Waals surface area (Å²) in [5.41, 5.74) is 2.54. The van der Waals surface area contributed by atoms with E-state index in [0.717, 1.165) is 11.1 Å². The maximum atomic E-state index is 13.3. The van der Waals surface area contributed by atoms with Crippen LogP contribution in [0.5, 0.6) is 0 Å². The third kappa shape index (κ3) is 3.75. The average Bonchev–Trinajstić information content (AvgIpc) is 2.62. The fourth-order valence-electron chi connectivity index (χ4n) is 3.05. The summed E-state index contributed by atoms with van der Waals surface area (Å²) in [6.07, 6.45) is 2.31. The Hall–Kier alpha value is -1.95. The van der Waals surface area contributed by atoms with Crippen molar-refractivity contribution in [3.63, 3.8) is 0 Å². The number of hydrogen-bond donors (Lipinski definition) is 0. The predicted octanol–water partition coefficient (Wildman–Crippen LogP) is 4.30. The molecule has 0 spiro atoms. The van der Waals surface area contributed by atoms with Gasteiger partial charge in [0, 0.05) is 17.1 Å². The zero-order valence-electron chi connectivity index (χ0n) is 14.6. The van der Waals surface area contributed by atoms with E-state index in [4.69, 9.17) is 11.6 Å². The number of nitrogens with zero attached hydrogens (tertiary/aromatic N) is 1. The van der Waals surface area contributed by atoms with Crippen LogP contribution in [0.25, 0.3) is 0 Å². The molecule has 4 nitrogen and oxygen atoms in total. The van der Waals surface area contributed by atoms with E-state index in [2.05, 4.69) is 0 Å². The van der Waals surface area contributed by atoms with Gasteiger partial charge in [-0.2, -0.15) is 4.31 Å². The summed E-state index contributed by atoms with van der Waals surface area (Å²) in [6, 6.07) is 13.6. The molecule has 0 fully saturated rings. The minimum absolute atomic E-state index is 0.0683. The smallest absolute Gasteiger partial charge is 0.243 e. The summed E-state index contributed by atoms with van der Waals surface area (Å²) in [5, 5.41) is 0.474. The summed E-state index contributed by atoms with van der Waals surface area (Å²) in [6.45, 7) is 3.52. The monoisotopic (exact) mass is 389 g/mol. The molecule has 0 radical (unpaired) electrons. The molecule has 26 heavy (non-hydrogen) atoms. The van der Waals surface area contributed by atoms with Crippen molar-refractivity contribution < 1.29 is 13.2 Å². The number of rotatable bonds is 4. The Morgan fingerprint density at radius 3 is 2.27 bits per heavy atom. The molecule has 0 bridgehead atoms. The van der Waals surface area contributed by atoms with E-state index in [1.807, 2.05) is 37.3 Å². The number of ketones is 1.